The summed E-state index contributed by atoms with van der Waals surface area (Å²) in [6.45, 7) is 3.02. The van der Waals surface area contributed by atoms with Crippen molar-refractivity contribution in [3.8, 4) is 5.75 Å². The molecule has 1 aromatic heterocycles. The molecule has 1 N–H and O–H groups in total. The van der Waals surface area contributed by atoms with Crippen LogP contribution in [-0.4, -0.2) is 41.1 Å². The first-order chi connectivity index (χ1) is 10.7. The summed E-state index contributed by atoms with van der Waals surface area (Å²) < 4.78 is 6.27. The molecule has 1 saturated heterocycles. The lowest BCUT2D eigenvalue weighted by atomic mass is 10.2. The molecule has 116 valence electrons. The van der Waals surface area contributed by atoms with Gasteiger partial charge in [0.1, 0.15) is 5.75 Å². The monoisotopic (exact) mass is 362 g/mol. The van der Waals surface area contributed by atoms with E-state index in [-0.39, 0.29) is 0 Å². The molecule has 0 radical (unpaired) electrons. The van der Waals surface area contributed by atoms with E-state index in [1.807, 2.05) is 12.1 Å². The van der Waals surface area contributed by atoms with Crippen molar-refractivity contribution in [3.05, 3.63) is 46.7 Å². The minimum atomic E-state index is 0.407. The molecule has 0 spiro atoms. The number of methoxy groups -OCH3 is 1. The number of hydrogen-bond acceptors (Lipinski definition) is 5. The fraction of sp³-hybridized carbons (Fsp3) is 0.375. The highest BCUT2D eigenvalue weighted by molar-refractivity contribution is 9.10. The zero-order chi connectivity index (χ0) is 15.4. The van der Waals surface area contributed by atoms with Crippen LogP contribution in [0.1, 0.15) is 12.0 Å². The van der Waals surface area contributed by atoms with Gasteiger partial charge in [0, 0.05) is 38.1 Å². The van der Waals surface area contributed by atoms with E-state index >= 15 is 0 Å². The third kappa shape index (κ3) is 3.75. The summed E-state index contributed by atoms with van der Waals surface area (Å²) in [6, 6.07) is 8.48. The molecule has 0 bridgehead atoms. The third-order valence-corrected chi connectivity index (χ3v) is 4.41. The van der Waals surface area contributed by atoms with E-state index in [1.54, 1.807) is 19.5 Å². The molecular formula is C16H19BrN4O. The van der Waals surface area contributed by atoms with Gasteiger partial charge >= 0.3 is 0 Å². The highest BCUT2D eigenvalue weighted by atomic mass is 79.9. The molecule has 0 saturated carbocycles. The largest absolute Gasteiger partial charge is 0.496 e. The average Bonchev–Trinajstić information content (AvgIpc) is 2.95. The summed E-state index contributed by atoms with van der Waals surface area (Å²) in [5.41, 5.74) is 1.28. The minimum Gasteiger partial charge on any atom is -0.496 e. The number of nitrogens with one attached hydrogen (secondary N) is 1. The zero-order valence-electron chi connectivity index (χ0n) is 12.5. The van der Waals surface area contributed by atoms with Crippen molar-refractivity contribution in [2.24, 2.45) is 0 Å². The molecule has 1 aromatic carbocycles. The third-order valence-electron chi connectivity index (χ3n) is 3.79. The van der Waals surface area contributed by atoms with Crippen LogP contribution >= 0.6 is 15.9 Å². The van der Waals surface area contributed by atoms with Crippen molar-refractivity contribution >= 4 is 21.9 Å². The van der Waals surface area contributed by atoms with E-state index in [0.717, 1.165) is 36.3 Å². The quantitative estimate of drug-likeness (QED) is 0.885. The van der Waals surface area contributed by atoms with Crippen molar-refractivity contribution < 1.29 is 4.74 Å². The zero-order valence-corrected chi connectivity index (χ0v) is 14.1. The number of aromatic nitrogens is 2. The summed E-state index contributed by atoms with van der Waals surface area (Å²) in [7, 11) is 1.68. The first-order valence-electron chi connectivity index (χ1n) is 7.33. The van der Waals surface area contributed by atoms with Crippen LogP contribution in [0.3, 0.4) is 0 Å². The Morgan fingerprint density at radius 3 is 2.91 bits per heavy atom. The summed E-state index contributed by atoms with van der Waals surface area (Å²) in [5, 5.41) is 3.39. The van der Waals surface area contributed by atoms with Crippen LogP contribution in [0.5, 0.6) is 5.75 Å². The topological polar surface area (TPSA) is 50.3 Å². The number of likely N-dealkylation sites (tertiary alicyclic amines) is 1. The number of hydrogen-bond donors (Lipinski definition) is 1. The van der Waals surface area contributed by atoms with Gasteiger partial charge in [0.2, 0.25) is 5.95 Å². The Labute approximate surface area is 138 Å². The maximum atomic E-state index is 5.27. The van der Waals surface area contributed by atoms with Gasteiger partial charge in [0.15, 0.2) is 0 Å². The Morgan fingerprint density at radius 2 is 2.18 bits per heavy atom. The number of rotatable bonds is 5. The molecule has 1 unspecified atom stereocenters. The van der Waals surface area contributed by atoms with E-state index in [4.69, 9.17) is 4.74 Å². The van der Waals surface area contributed by atoms with Crippen molar-refractivity contribution in [3.63, 3.8) is 0 Å². The van der Waals surface area contributed by atoms with Crippen molar-refractivity contribution in [1.29, 1.82) is 0 Å². The van der Waals surface area contributed by atoms with Crippen LogP contribution in [0.25, 0.3) is 0 Å². The van der Waals surface area contributed by atoms with Gasteiger partial charge in [-0.25, -0.2) is 9.97 Å². The van der Waals surface area contributed by atoms with Gasteiger partial charge in [0.25, 0.3) is 0 Å². The Hall–Kier alpha value is -1.66. The molecule has 0 amide bonds. The minimum absolute atomic E-state index is 0.407. The number of halogens is 1. The van der Waals surface area contributed by atoms with Gasteiger partial charge in [-0.2, -0.15) is 0 Å². The second-order valence-corrected chi connectivity index (χ2v) is 6.26. The summed E-state index contributed by atoms with van der Waals surface area (Å²) in [5.74, 6) is 1.58. The average molecular weight is 363 g/mol. The maximum absolute atomic E-state index is 5.27. The Kier molecular flexibility index (Phi) is 4.90. The first-order valence-corrected chi connectivity index (χ1v) is 8.12. The lowest BCUT2D eigenvalue weighted by Crippen LogP contribution is -2.26. The molecule has 1 aliphatic heterocycles. The van der Waals surface area contributed by atoms with E-state index in [9.17, 15) is 0 Å². The highest BCUT2D eigenvalue weighted by Gasteiger charge is 2.23. The Bertz CT molecular complexity index is 623. The Balaban J connectivity index is 1.56. The number of benzene rings is 1. The molecule has 0 aliphatic carbocycles. The lowest BCUT2D eigenvalue weighted by Gasteiger charge is -2.17. The van der Waals surface area contributed by atoms with Crippen molar-refractivity contribution in [2.45, 2.75) is 19.0 Å². The maximum Gasteiger partial charge on any atom is 0.222 e. The molecule has 1 atom stereocenters. The summed E-state index contributed by atoms with van der Waals surface area (Å²) in [4.78, 5) is 10.9. The van der Waals surface area contributed by atoms with E-state index in [0.29, 0.717) is 12.0 Å². The second kappa shape index (κ2) is 7.07. The van der Waals surface area contributed by atoms with E-state index in [2.05, 4.69) is 48.2 Å². The van der Waals surface area contributed by atoms with E-state index in [1.165, 1.54) is 5.56 Å². The van der Waals surface area contributed by atoms with Crippen LogP contribution in [0.4, 0.5) is 5.95 Å². The van der Waals surface area contributed by atoms with Gasteiger partial charge in [0.05, 0.1) is 11.6 Å². The molecule has 5 nitrogen and oxygen atoms in total. The first kappa shape index (κ1) is 15.2. The molecule has 2 heterocycles. The van der Waals surface area contributed by atoms with Gasteiger partial charge in [-0.1, -0.05) is 6.07 Å². The fourth-order valence-corrected chi connectivity index (χ4v) is 3.30. The number of anilines is 1. The predicted octanol–water partition coefficient (Wildman–Crippen LogP) is 2.93. The molecule has 1 aliphatic rings. The molecule has 3 rings (SSSR count). The smallest absolute Gasteiger partial charge is 0.222 e. The van der Waals surface area contributed by atoms with Crippen LogP contribution in [0, 0.1) is 0 Å². The van der Waals surface area contributed by atoms with Crippen LogP contribution < -0.4 is 10.1 Å². The SMILES string of the molecule is COc1ccc(CN2CCC(Nc3ncccn3)C2)cc1Br. The number of nitrogens with zero attached hydrogens (tertiary/aromatic N) is 3. The van der Waals surface area contributed by atoms with Crippen molar-refractivity contribution in [2.75, 3.05) is 25.5 Å². The lowest BCUT2D eigenvalue weighted by molar-refractivity contribution is 0.328. The second-order valence-electron chi connectivity index (χ2n) is 5.41. The van der Waals surface area contributed by atoms with Crippen LogP contribution in [-0.2, 0) is 6.54 Å². The summed E-state index contributed by atoms with van der Waals surface area (Å²) in [6.07, 6.45) is 4.63. The van der Waals surface area contributed by atoms with Crippen LogP contribution in [0.2, 0.25) is 0 Å². The molecule has 6 heteroatoms. The molecule has 22 heavy (non-hydrogen) atoms. The van der Waals surface area contributed by atoms with Gasteiger partial charge in [-0.3, -0.25) is 4.90 Å². The summed E-state index contributed by atoms with van der Waals surface area (Å²) >= 11 is 3.54. The van der Waals surface area contributed by atoms with Crippen LogP contribution in [0.15, 0.2) is 41.1 Å². The van der Waals surface area contributed by atoms with Crippen molar-refractivity contribution in [1.82, 2.24) is 14.9 Å². The molecule has 1 fully saturated rings. The normalized spacial score (nSPS) is 18.4. The van der Waals surface area contributed by atoms with E-state index < -0.39 is 0 Å². The highest BCUT2D eigenvalue weighted by Crippen LogP contribution is 2.26. The number of ether oxygens (including phenoxy) is 1. The predicted molar refractivity (Wildman–Crippen MR) is 90.0 cm³/mol. The standard InChI is InChI=1S/C16H19BrN4O/c1-22-15-4-3-12(9-14(15)17)10-21-8-5-13(11-21)20-16-18-6-2-7-19-16/h2-4,6-7,9,13H,5,8,10-11H2,1H3,(H,18,19,20). The van der Waals surface area contributed by atoms with Gasteiger partial charge < -0.3 is 10.1 Å². The molecule has 2 aromatic rings. The Morgan fingerprint density at radius 1 is 1.36 bits per heavy atom. The van der Waals surface area contributed by atoms with Gasteiger partial charge in [-0.15, -0.1) is 0 Å². The fourth-order valence-electron chi connectivity index (χ4n) is 2.72. The van der Waals surface area contributed by atoms with Gasteiger partial charge in [-0.05, 0) is 46.1 Å². The molecular weight excluding hydrogens is 344 g/mol.